The van der Waals surface area contributed by atoms with Gasteiger partial charge in [0.2, 0.25) is 0 Å². The van der Waals surface area contributed by atoms with Crippen molar-refractivity contribution < 1.29 is 19.0 Å². The lowest BCUT2D eigenvalue weighted by atomic mass is 9.89. The van der Waals surface area contributed by atoms with Gasteiger partial charge in [0.1, 0.15) is 5.60 Å². The van der Waals surface area contributed by atoms with E-state index in [1.165, 1.54) is 0 Å². The summed E-state index contributed by atoms with van der Waals surface area (Å²) in [6.07, 6.45) is 3.49. The Morgan fingerprint density at radius 2 is 2.07 bits per heavy atom. The van der Waals surface area contributed by atoms with Crippen LogP contribution in [0, 0.1) is 0 Å². The Kier molecular flexibility index (Phi) is 4.74. The van der Waals surface area contributed by atoms with E-state index in [0.717, 1.165) is 32.3 Å². The predicted octanol–water partition coefficient (Wildman–Crippen LogP) is 1.95. The molecule has 1 rings (SSSR count). The van der Waals surface area contributed by atoms with Crippen molar-refractivity contribution in [3.05, 3.63) is 0 Å². The zero-order chi connectivity index (χ0) is 10.6. The summed E-state index contributed by atoms with van der Waals surface area (Å²) in [5, 5.41) is 0. The van der Waals surface area contributed by atoms with Crippen LogP contribution >= 0.6 is 8.60 Å². The highest BCUT2D eigenvalue weighted by atomic mass is 31.2. The Morgan fingerprint density at radius 1 is 1.43 bits per heavy atom. The van der Waals surface area contributed by atoms with Gasteiger partial charge in [-0.15, -0.1) is 0 Å². The zero-order valence-electron chi connectivity index (χ0n) is 8.77. The highest BCUT2D eigenvalue weighted by Gasteiger charge is 2.41. The monoisotopic (exact) mass is 222 g/mol. The minimum absolute atomic E-state index is 0.0156. The quantitative estimate of drug-likeness (QED) is 0.698. The second-order valence-electron chi connectivity index (χ2n) is 3.62. The van der Waals surface area contributed by atoms with Crippen LogP contribution in [0.5, 0.6) is 0 Å². The maximum Gasteiger partial charge on any atom is 0.327 e. The molecule has 14 heavy (non-hydrogen) atoms. The van der Waals surface area contributed by atoms with E-state index in [0.29, 0.717) is 0 Å². The highest BCUT2D eigenvalue weighted by Crippen LogP contribution is 2.42. The van der Waals surface area contributed by atoms with Crippen molar-refractivity contribution in [1.82, 2.24) is 0 Å². The lowest BCUT2D eigenvalue weighted by Gasteiger charge is -2.36. The van der Waals surface area contributed by atoms with Crippen LogP contribution in [-0.4, -0.2) is 28.1 Å². The fourth-order valence-electron chi connectivity index (χ4n) is 2.05. The molecule has 0 aliphatic carbocycles. The third-order valence-electron chi connectivity index (χ3n) is 2.98. The van der Waals surface area contributed by atoms with Crippen molar-refractivity contribution in [3.63, 3.8) is 0 Å². The maximum absolute atomic E-state index is 8.95. The van der Waals surface area contributed by atoms with E-state index in [9.17, 15) is 0 Å². The molecule has 0 bridgehead atoms. The summed E-state index contributed by atoms with van der Waals surface area (Å²) >= 11 is 0. The molecule has 0 aromatic carbocycles. The average Bonchev–Trinajstić information content (AvgIpc) is 2.67. The first kappa shape index (κ1) is 12.3. The van der Waals surface area contributed by atoms with Crippen molar-refractivity contribution in [2.75, 3.05) is 6.61 Å². The SMILES string of the molecule is CCC(CC)(OP(O)O)C1CCCO1. The Labute approximate surface area is 86.2 Å². The molecule has 1 fully saturated rings. The minimum atomic E-state index is -2.30. The number of rotatable bonds is 5. The maximum atomic E-state index is 8.95. The summed E-state index contributed by atoms with van der Waals surface area (Å²) in [6.45, 7) is 4.73. The fraction of sp³-hybridized carbons (Fsp3) is 1.00. The average molecular weight is 222 g/mol. The van der Waals surface area contributed by atoms with E-state index >= 15 is 0 Å². The topological polar surface area (TPSA) is 58.9 Å². The van der Waals surface area contributed by atoms with Crippen LogP contribution in [0.2, 0.25) is 0 Å². The van der Waals surface area contributed by atoms with Crippen LogP contribution in [0.1, 0.15) is 39.5 Å². The Balaban J connectivity index is 2.67. The van der Waals surface area contributed by atoms with Gasteiger partial charge in [0.05, 0.1) is 6.10 Å². The molecule has 1 atom stereocenters. The molecular weight excluding hydrogens is 203 g/mol. The molecule has 2 N–H and O–H groups in total. The highest BCUT2D eigenvalue weighted by molar-refractivity contribution is 7.39. The molecule has 1 heterocycles. The molecule has 1 unspecified atom stereocenters. The van der Waals surface area contributed by atoms with Gasteiger partial charge < -0.3 is 19.0 Å². The third-order valence-corrected chi connectivity index (χ3v) is 3.50. The van der Waals surface area contributed by atoms with Gasteiger partial charge in [-0.1, -0.05) is 13.8 Å². The lowest BCUT2D eigenvalue weighted by molar-refractivity contribution is -0.0758. The first-order valence-electron chi connectivity index (χ1n) is 5.13. The predicted molar refractivity (Wildman–Crippen MR) is 54.7 cm³/mol. The Morgan fingerprint density at radius 3 is 2.43 bits per heavy atom. The third kappa shape index (κ3) is 2.65. The number of ether oxygens (including phenoxy) is 1. The summed E-state index contributed by atoms with van der Waals surface area (Å²) in [5.41, 5.74) is -0.508. The summed E-state index contributed by atoms with van der Waals surface area (Å²) in [5.74, 6) is 0. The molecular formula is C9H19O4P. The van der Waals surface area contributed by atoms with E-state index in [2.05, 4.69) is 0 Å². The molecule has 0 aromatic rings. The van der Waals surface area contributed by atoms with Crippen LogP contribution in [0.25, 0.3) is 0 Å². The molecule has 5 heteroatoms. The number of hydrogen-bond donors (Lipinski definition) is 2. The van der Waals surface area contributed by atoms with Crippen LogP contribution in [0.4, 0.5) is 0 Å². The summed E-state index contributed by atoms with van der Waals surface area (Å²) < 4.78 is 10.8. The van der Waals surface area contributed by atoms with Crippen LogP contribution < -0.4 is 0 Å². The Bertz CT molecular complexity index is 164. The van der Waals surface area contributed by atoms with Crippen molar-refractivity contribution in [2.45, 2.75) is 51.2 Å². The fourth-order valence-corrected chi connectivity index (χ4v) is 2.75. The molecule has 1 aliphatic heterocycles. The van der Waals surface area contributed by atoms with E-state index in [4.69, 9.17) is 19.0 Å². The van der Waals surface area contributed by atoms with Gasteiger partial charge in [-0.3, -0.25) is 0 Å². The molecule has 0 amide bonds. The van der Waals surface area contributed by atoms with Crippen LogP contribution in [0.3, 0.4) is 0 Å². The molecule has 0 radical (unpaired) electrons. The van der Waals surface area contributed by atoms with Gasteiger partial charge in [0.15, 0.2) is 0 Å². The number of hydrogen-bond acceptors (Lipinski definition) is 4. The van der Waals surface area contributed by atoms with E-state index in [1.54, 1.807) is 0 Å². The standard InChI is InChI=1S/C9H19O4P/c1-3-9(4-2,13-14(10)11)8-6-5-7-12-8/h8,10-11H,3-7H2,1-2H3. The first-order chi connectivity index (χ1) is 6.64. The van der Waals surface area contributed by atoms with Crippen LogP contribution in [0.15, 0.2) is 0 Å². The van der Waals surface area contributed by atoms with E-state index in [-0.39, 0.29) is 6.10 Å². The lowest BCUT2D eigenvalue weighted by Crippen LogP contribution is -2.42. The summed E-state index contributed by atoms with van der Waals surface area (Å²) in [6, 6.07) is 0. The zero-order valence-corrected chi connectivity index (χ0v) is 9.67. The molecule has 1 aliphatic rings. The molecule has 0 saturated carbocycles. The molecule has 4 nitrogen and oxygen atoms in total. The molecule has 0 spiro atoms. The smallest absolute Gasteiger partial charge is 0.327 e. The minimum Gasteiger partial charge on any atom is -0.375 e. The van der Waals surface area contributed by atoms with Gasteiger partial charge in [-0.05, 0) is 25.7 Å². The van der Waals surface area contributed by atoms with Gasteiger partial charge in [-0.2, -0.15) is 0 Å². The largest absolute Gasteiger partial charge is 0.375 e. The van der Waals surface area contributed by atoms with Crippen molar-refractivity contribution in [2.24, 2.45) is 0 Å². The van der Waals surface area contributed by atoms with Gasteiger partial charge in [-0.25, -0.2) is 0 Å². The molecule has 1 saturated heterocycles. The molecule has 84 valence electrons. The van der Waals surface area contributed by atoms with Crippen molar-refractivity contribution in [1.29, 1.82) is 0 Å². The van der Waals surface area contributed by atoms with Crippen LogP contribution in [-0.2, 0) is 9.26 Å². The normalized spacial score (nSPS) is 23.4. The van der Waals surface area contributed by atoms with Gasteiger partial charge in [0.25, 0.3) is 0 Å². The van der Waals surface area contributed by atoms with E-state index in [1.807, 2.05) is 13.8 Å². The van der Waals surface area contributed by atoms with E-state index < -0.39 is 14.2 Å². The van der Waals surface area contributed by atoms with Gasteiger partial charge >= 0.3 is 8.60 Å². The van der Waals surface area contributed by atoms with Crippen molar-refractivity contribution in [3.8, 4) is 0 Å². The second-order valence-corrected chi connectivity index (χ2v) is 4.31. The summed E-state index contributed by atoms with van der Waals surface area (Å²) in [4.78, 5) is 17.9. The first-order valence-corrected chi connectivity index (χ1v) is 6.29. The van der Waals surface area contributed by atoms with Crippen molar-refractivity contribution >= 4 is 8.60 Å². The second kappa shape index (κ2) is 5.38. The van der Waals surface area contributed by atoms with Gasteiger partial charge in [0, 0.05) is 6.61 Å². The Hall–Kier alpha value is 0.270. The molecule has 0 aromatic heterocycles. The summed E-state index contributed by atoms with van der Waals surface area (Å²) in [7, 11) is -2.30.